The van der Waals surface area contributed by atoms with Crippen LogP contribution in [0.2, 0.25) is 0 Å². The van der Waals surface area contributed by atoms with Crippen molar-refractivity contribution in [3.8, 4) is 0 Å². The second-order valence-corrected chi connectivity index (χ2v) is 14.0. The molecule has 5 N–H and O–H groups in total. The molecule has 310 valence electrons. The first kappa shape index (κ1) is 51.6. The molecule has 0 aromatic carbocycles. The van der Waals surface area contributed by atoms with Crippen molar-refractivity contribution in [1.29, 1.82) is 0 Å². The number of allylic oxidation sites excluding steroid dienone is 16. The van der Waals surface area contributed by atoms with Gasteiger partial charge in [-0.25, -0.2) is 4.57 Å². The van der Waals surface area contributed by atoms with Gasteiger partial charge in [-0.2, -0.15) is 0 Å². The summed E-state index contributed by atoms with van der Waals surface area (Å²) >= 11 is 0. The number of ether oxygens (including phenoxy) is 2. The van der Waals surface area contributed by atoms with E-state index in [1.807, 2.05) is 12.2 Å². The van der Waals surface area contributed by atoms with Gasteiger partial charge in [-0.15, -0.1) is 0 Å². The van der Waals surface area contributed by atoms with Gasteiger partial charge in [-0.3, -0.25) is 14.1 Å². The van der Waals surface area contributed by atoms with Gasteiger partial charge in [0.25, 0.3) is 0 Å². The van der Waals surface area contributed by atoms with Gasteiger partial charge < -0.3 is 34.6 Å². The Morgan fingerprint density at radius 3 is 1.75 bits per heavy atom. The van der Waals surface area contributed by atoms with Crippen molar-refractivity contribution < 1.29 is 53.3 Å². The van der Waals surface area contributed by atoms with E-state index in [1.54, 1.807) is 42.5 Å². The fourth-order valence-corrected chi connectivity index (χ4v) is 4.97. The van der Waals surface area contributed by atoms with Crippen molar-refractivity contribution in [3.05, 3.63) is 109 Å². The molecule has 0 aromatic rings. The third-order valence-corrected chi connectivity index (χ3v) is 8.13. The van der Waals surface area contributed by atoms with Crippen LogP contribution < -0.4 is 0 Å². The smallest absolute Gasteiger partial charge is 0.462 e. The maximum Gasteiger partial charge on any atom is 0.469 e. The van der Waals surface area contributed by atoms with E-state index in [0.717, 1.165) is 57.8 Å². The van der Waals surface area contributed by atoms with Crippen LogP contribution >= 0.6 is 7.82 Å². The molecule has 0 amide bonds. The number of aliphatic hydroxyl groups excluding tert-OH is 3. The van der Waals surface area contributed by atoms with Crippen molar-refractivity contribution in [2.75, 3.05) is 13.2 Å². The van der Waals surface area contributed by atoms with Crippen LogP contribution in [0.1, 0.15) is 110 Å². The number of hydrogen-bond donors (Lipinski definition) is 5. The van der Waals surface area contributed by atoms with Gasteiger partial charge in [-0.1, -0.05) is 142 Å². The number of unbranched alkanes of at least 4 members (excludes halogenated alkanes) is 3. The molecule has 4 atom stereocenters. The lowest BCUT2D eigenvalue weighted by molar-refractivity contribution is -0.161. The van der Waals surface area contributed by atoms with E-state index in [0.29, 0.717) is 12.8 Å². The van der Waals surface area contributed by atoms with E-state index in [-0.39, 0.29) is 25.7 Å². The molecule has 0 bridgehead atoms. The second-order valence-electron chi connectivity index (χ2n) is 12.7. The summed E-state index contributed by atoms with van der Waals surface area (Å²) in [6.45, 7) is 3.10. The first-order valence-electron chi connectivity index (χ1n) is 19.5. The van der Waals surface area contributed by atoms with Gasteiger partial charge in [0, 0.05) is 12.8 Å². The molecule has 0 heterocycles. The minimum atomic E-state index is -4.87. The number of carbonyl (C=O) groups excluding carboxylic acids is 2. The summed E-state index contributed by atoms with van der Waals surface area (Å²) in [4.78, 5) is 42.8. The SMILES string of the molecule is CC/C=C\C/C=C\C/C=C\C/C=C\C/C=C\CCCC(=O)OC[C@H](COP(=O)(O)O)OC(=O)CCC[C@H](O)[C@@H](O)/C=C/C=C/C=C\C=C\[C@@H](O)CCCCC. The lowest BCUT2D eigenvalue weighted by atomic mass is 10.1. The minimum absolute atomic E-state index is 0.0755. The Balaban J connectivity index is 4.43. The second kappa shape index (κ2) is 36.2. The standard InChI is InChI=1S/C43H67O11P/c1-3-5-7-8-9-10-11-12-13-14-15-16-17-18-19-24-28-34-42(47)52-36-39(37-53-55(49,50)51)54-43(48)35-29-33-41(46)40(45)32-27-23-21-20-22-26-31-38(44)30-25-6-4-2/h5,7,9-10,12-13,15-16,18-23,26-27,31-32,38-41,44-46H,3-4,6,8,11,14,17,24-25,28-30,33-37H2,1-2H3,(H2,49,50,51)/b7-5-,10-9-,13-12-,16-15-,19-18-,22-20-,23-21+,31-26+,32-27+/t38-,39+,40-,41-/m0/s1. The average Bonchev–Trinajstić information content (AvgIpc) is 3.14. The monoisotopic (exact) mass is 790 g/mol. The van der Waals surface area contributed by atoms with E-state index in [4.69, 9.17) is 19.3 Å². The summed E-state index contributed by atoms with van der Waals surface area (Å²) in [5.41, 5.74) is 0. The highest BCUT2D eigenvalue weighted by Crippen LogP contribution is 2.36. The largest absolute Gasteiger partial charge is 0.469 e. The zero-order chi connectivity index (χ0) is 40.8. The molecule has 0 spiro atoms. The molecule has 0 saturated carbocycles. The molecule has 0 saturated heterocycles. The molecule has 0 rings (SSSR count). The van der Waals surface area contributed by atoms with Crippen molar-refractivity contribution in [2.45, 2.75) is 135 Å². The number of hydrogen-bond acceptors (Lipinski definition) is 9. The summed E-state index contributed by atoms with van der Waals surface area (Å²) in [6, 6.07) is 0. The van der Waals surface area contributed by atoms with Crippen molar-refractivity contribution in [1.82, 2.24) is 0 Å². The van der Waals surface area contributed by atoms with E-state index in [1.165, 1.54) is 6.08 Å². The molecule has 0 unspecified atom stereocenters. The fraction of sp³-hybridized carbons (Fsp3) is 0.535. The minimum Gasteiger partial charge on any atom is -0.462 e. The Hall–Kier alpha value is -3.41. The van der Waals surface area contributed by atoms with Gasteiger partial charge in [0.1, 0.15) is 6.61 Å². The zero-order valence-electron chi connectivity index (χ0n) is 32.9. The first-order chi connectivity index (χ1) is 26.5. The zero-order valence-corrected chi connectivity index (χ0v) is 33.7. The summed E-state index contributed by atoms with van der Waals surface area (Å²) in [5, 5.41) is 30.3. The van der Waals surface area contributed by atoms with E-state index in [2.05, 4.69) is 67.0 Å². The molecule has 0 aliphatic rings. The van der Waals surface area contributed by atoms with Crippen LogP contribution in [0.25, 0.3) is 0 Å². The van der Waals surface area contributed by atoms with Crippen LogP contribution in [-0.2, 0) is 28.2 Å². The number of phosphoric ester groups is 1. The van der Waals surface area contributed by atoms with Crippen molar-refractivity contribution >= 4 is 19.8 Å². The molecule has 0 aromatic heterocycles. The summed E-state index contributed by atoms with van der Waals surface area (Å²) in [6.07, 6.45) is 40.4. The Morgan fingerprint density at radius 1 is 0.618 bits per heavy atom. The predicted molar refractivity (Wildman–Crippen MR) is 220 cm³/mol. The molecule has 12 heteroatoms. The highest BCUT2D eigenvalue weighted by Gasteiger charge is 2.23. The van der Waals surface area contributed by atoms with Crippen molar-refractivity contribution in [3.63, 3.8) is 0 Å². The van der Waals surface area contributed by atoms with Crippen LogP contribution in [0, 0.1) is 0 Å². The van der Waals surface area contributed by atoms with Crippen LogP contribution in [0.15, 0.2) is 109 Å². The van der Waals surface area contributed by atoms with E-state index < -0.39 is 57.4 Å². The van der Waals surface area contributed by atoms with E-state index >= 15 is 0 Å². The van der Waals surface area contributed by atoms with Crippen molar-refractivity contribution in [2.24, 2.45) is 0 Å². The van der Waals surface area contributed by atoms with Crippen LogP contribution in [0.3, 0.4) is 0 Å². The lowest BCUT2D eigenvalue weighted by Crippen LogP contribution is -2.29. The lowest BCUT2D eigenvalue weighted by Gasteiger charge is -2.19. The Bertz CT molecular complexity index is 1300. The molecular weight excluding hydrogens is 723 g/mol. The highest BCUT2D eigenvalue weighted by atomic mass is 31.2. The highest BCUT2D eigenvalue weighted by molar-refractivity contribution is 7.46. The maximum absolute atomic E-state index is 12.4. The number of rotatable bonds is 33. The molecule has 55 heavy (non-hydrogen) atoms. The Kier molecular flexibility index (Phi) is 34.0. The van der Waals surface area contributed by atoms with Gasteiger partial charge in [0.05, 0.1) is 24.9 Å². The summed E-state index contributed by atoms with van der Waals surface area (Å²) < 4.78 is 26.1. The van der Waals surface area contributed by atoms with Gasteiger partial charge in [0.15, 0.2) is 6.10 Å². The molecule has 0 fully saturated rings. The quantitative estimate of drug-likeness (QED) is 0.0141. The molecular formula is C43H67O11P. The van der Waals surface area contributed by atoms with Crippen LogP contribution in [-0.4, -0.2) is 74.7 Å². The van der Waals surface area contributed by atoms with Gasteiger partial charge in [0.2, 0.25) is 0 Å². The number of carbonyl (C=O) groups is 2. The third-order valence-electron chi connectivity index (χ3n) is 7.64. The van der Waals surface area contributed by atoms with E-state index in [9.17, 15) is 29.5 Å². The molecule has 11 nitrogen and oxygen atoms in total. The normalized spacial score (nSPS) is 15.4. The van der Waals surface area contributed by atoms with Crippen LogP contribution in [0.4, 0.5) is 0 Å². The molecule has 0 radical (unpaired) electrons. The van der Waals surface area contributed by atoms with Gasteiger partial charge in [-0.05, 0) is 64.2 Å². The topological polar surface area (TPSA) is 180 Å². The number of esters is 2. The third kappa shape index (κ3) is 37.3. The fourth-order valence-electron chi connectivity index (χ4n) is 4.61. The number of aliphatic hydroxyl groups is 3. The average molecular weight is 791 g/mol. The molecule has 0 aliphatic heterocycles. The summed E-state index contributed by atoms with van der Waals surface area (Å²) in [7, 11) is -4.87. The molecule has 0 aliphatic carbocycles. The maximum atomic E-state index is 12.4. The summed E-state index contributed by atoms with van der Waals surface area (Å²) in [5.74, 6) is -1.30. The first-order valence-corrected chi connectivity index (χ1v) is 21.0. The predicted octanol–water partition coefficient (Wildman–Crippen LogP) is 8.53. The number of phosphoric acid groups is 1. The van der Waals surface area contributed by atoms with Crippen LogP contribution in [0.5, 0.6) is 0 Å². The Labute approximate surface area is 329 Å². The Morgan fingerprint density at radius 2 is 1.16 bits per heavy atom. The van der Waals surface area contributed by atoms with Gasteiger partial charge >= 0.3 is 19.8 Å².